The lowest BCUT2D eigenvalue weighted by Gasteiger charge is -2.32. The number of amides is 1. The molecule has 2 aliphatic heterocycles. The molecule has 0 aliphatic carbocycles. The highest BCUT2D eigenvalue weighted by Crippen LogP contribution is 2.17. The number of carbonyl (C=O) groups is 1. The summed E-state index contributed by atoms with van der Waals surface area (Å²) in [5, 5.41) is 3.42. The normalized spacial score (nSPS) is 22.2. The number of ether oxygens (including phenoxy) is 1. The Morgan fingerprint density at radius 1 is 1.28 bits per heavy atom. The first-order valence-electron chi connectivity index (χ1n) is 8.83. The summed E-state index contributed by atoms with van der Waals surface area (Å²) in [5.41, 5.74) is 6.89. The number of primary amides is 1. The summed E-state index contributed by atoms with van der Waals surface area (Å²) < 4.78 is 5.45. The van der Waals surface area contributed by atoms with Crippen molar-refractivity contribution < 1.29 is 9.53 Å². The van der Waals surface area contributed by atoms with Gasteiger partial charge in [-0.3, -0.25) is 14.7 Å². The highest BCUT2D eigenvalue weighted by molar-refractivity contribution is 5.92. The lowest BCUT2D eigenvalue weighted by molar-refractivity contribution is 0.0195. The van der Waals surface area contributed by atoms with Gasteiger partial charge in [0.05, 0.1) is 13.2 Å². The molecule has 0 radical (unpaired) electrons. The number of morpholine rings is 1. The van der Waals surface area contributed by atoms with Gasteiger partial charge in [0.15, 0.2) is 5.96 Å². The van der Waals surface area contributed by atoms with Gasteiger partial charge in [0, 0.05) is 51.4 Å². The maximum atomic E-state index is 11.1. The van der Waals surface area contributed by atoms with Gasteiger partial charge in [-0.15, -0.1) is 0 Å². The second kappa shape index (κ2) is 8.31. The summed E-state index contributed by atoms with van der Waals surface area (Å²) in [7, 11) is 1.82. The highest BCUT2D eigenvalue weighted by Gasteiger charge is 2.30. The van der Waals surface area contributed by atoms with E-state index in [0.717, 1.165) is 57.3 Å². The zero-order valence-corrected chi connectivity index (χ0v) is 14.8. The molecule has 7 nitrogen and oxygen atoms in total. The predicted molar refractivity (Wildman–Crippen MR) is 97.5 cm³/mol. The third kappa shape index (κ3) is 4.49. The zero-order chi connectivity index (χ0) is 17.6. The first kappa shape index (κ1) is 17.7. The first-order valence-corrected chi connectivity index (χ1v) is 8.83. The van der Waals surface area contributed by atoms with Gasteiger partial charge in [0.25, 0.3) is 0 Å². The number of carbonyl (C=O) groups excluding carboxylic acids is 1. The van der Waals surface area contributed by atoms with Crippen LogP contribution in [-0.4, -0.2) is 74.1 Å². The van der Waals surface area contributed by atoms with Crippen molar-refractivity contribution in [2.45, 2.75) is 19.0 Å². The van der Waals surface area contributed by atoms with E-state index >= 15 is 0 Å². The molecule has 0 spiro atoms. The van der Waals surface area contributed by atoms with E-state index in [-0.39, 0.29) is 0 Å². The lowest BCUT2D eigenvalue weighted by Crippen LogP contribution is -2.46. The Balaban J connectivity index is 1.52. The van der Waals surface area contributed by atoms with Crippen LogP contribution in [0.5, 0.6) is 0 Å². The van der Waals surface area contributed by atoms with Crippen molar-refractivity contribution in [3.8, 4) is 0 Å². The highest BCUT2D eigenvalue weighted by atomic mass is 16.5. The predicted octanol–water partition coefficient (Wildman–Crippen LogP) is 0.267. The number of guanidine groups is 1. The molecular weight excluding hydrogens is 318 g/mol. The van der Waals surface area contributed by atoms with Crippen LogP contribution in [0.4, 0.5) is 0 Å². The molecule has 1 aromatic carbocycles. The minimum absolute atomic E-state index is 0.401. The summed E-state index contributed by atoms with van der Waals surface area (Å²) in [6.07, 6.45) is 1.16. The second-order valence-electron chi connectivity index (χ2n) is 6.50. The average Bonchev–Trinajstić information content (AvgIpc) is 3.13. The Morgan fingerprint density at radius 3 is 2.64 bits per heavy atom. The third-order valence-corrected chi connectivity index (χ3v) is 4.93. The fourth-order valence-electron chi connectivity index (χ4n) is 3.48. The first-order chi connectivity index (χ1) is 12.2. The molecule has 2 heterocycles. The van der Waals surface area contributed by atoms with Crippen LogP contribution in [0.15, 0.2) is 29.3 Å². The number of likely N-dealkylation sites (tertiary alicyclic amines) is 1. The van der Waals surface area contributed by atoms with Crippen molar-refractivity contribution in [3.63, 3.8) is 0 Å². The van der Waals surface area contributed by atoms with E-state index in [9.17, 15) is 4.79 Å². The maximum absolute atomic E-state index is 11.1. The molecule has 3 N–H and O–H groups in total. The van der Waals surface area contributed by atoms with Crippen LogP contribution in [0.2, 0.25) is 0 Å². The molecular formula is C18H27N5O2. The van der Waals surface area contributed by atoms with Crippen LogP contribution in [-0.2, 0) is 11.3 Å². The van der Waals surface area contributed by atoms with Gasteiger partial charge < -0.3 is 20.7 Å². The Kier molecular flexibility index (Phi) is 5.88. The molecule has 1 atom stereocenters. The van der Waals surface area contributed by atoms with E-state index in [1.54, 1.807) is 12.1 Å². The quantitative estimate of drug-likeness (QED) is 0.604. The number of nitrogens with zero attached hydrogens (tertiary/aromatic N) is 3. The lowest BCUT2D eigenvalue weighted by atomic mass is 10.1. The van der Waals surface area contributed by atoms with Gasteiger partial charge in [-0.05, 0) is 24.1 Å². The van der Waals surface area contributed by atoms with Crippen molar-refractivity contribution in [1.29, 1.82) is 0 Å². The van der Waals surface area contributed by atoms with Crippen molar-refractivity contribution in [2.24, 2.45) is 10.7 Å². The molecule has 0 bridgehead atoms. The van der Waals surface area contributed by atoms with Crippen LogP contribution in [0.1, 0.15) is 22.3 Å². The van der Waals surface area contributed by atoms with Gasteiger partial charge in [-0.1, -0.05) is 12.1 Å². The number of aliphatic imine (C=N–C) groups is 1. The molecule has 0 saturated carbocycles. The van der Waals surface area contributed by atoms with Gasteiger partial charge in [0.1, 0.15) is 0 Å². The summed E-state index contributed by atoms with van der Waals surface area (Å²) in [6, 6.07) is 7.93. The third-order valence-electron chi connectivity index (χ3n) is 4.93. The smallest absolute Gasteiger partial charge is 0.248 e. The fraction of sp³-hybridized carbons (Fsp3) is 0.556. The molecule has 25 heavy (non-hydrogen) atoms. The summed E-state index contributed by atoms with van der Waals surface area (Å²) >= 11 is 0. The molecule has 136 valence electrons. The molecule has 0 aromatic heterocycles. The van der Waals surface area contributed by atoms with Gasteiger partial charge in [-0.25, -0.2) is 0 Å². The summed E-state index contributed by atoms with van der Waals surface area (Å²) in [6.45, 7) is 6.41. The molecule has 2 aliphatic rings. The Bertz CT molecular complexity index is 610. The Labute approximate surface area is 148 Å². The Hall–Kier alpha value is -2.12. The number of benzene rings is 1. The number of hydrogen-bond acceptors (Lipinski definition) is 4. The molecule has 1 unspecified atom stereocenters. The number of hydrogen-bond donors (Lipinski definition) is 2. The largest absolute Gasteiger partial charge is 0.379 e. The molecule has 1 aromatic rings. The van der Waals surface area contributed by atoms with Gasteiger partial charge >= 0.3 is 0 Å². The monoisotopic (exact) mass is 345 g/mol. The van der Waals surface area contributed by atoms with Crippen LogP contribution < -0.4 is 11.1 Å². The molecule has 2 fully saturated rings. The number of nitrogens with two attached hydrogens (primary N) is 1. The summed E-state index contributed by atoms with van der Waals surface area (Å²) in [4.78, 5) is 20.4. The van der Waals surface area contributed by atoms with E-state index < -0.39 is 5.91 Å². The van der Waals surface area contributed by atoms with Crippen LogP contribution in [0.3, 0.4) is 0 Å². The zero-order valence-electron chi connectivity index (χ0n) is 14.8. The molecule has 2 saturated heterocycles. The van der Waals surface area contributed by atoms with Gasteiger partial charge in [-0.2, -0.15) is 0 Å². The standard InChI is InChI=1S/C18H27N5O2/c1-20-18(21-12-14-2-4-15(5-3-14)17(19)24)23-7-6-16(13-23)22-8-10-25-11-9-22/h2-5,16H,6-13H2,1H3,(H2,19,24)(H,20,21). The second-order valence-corrected chi connectivity index (χ2v) is 6.50. The number of nitrogens with one attached hydrogen (secondary N) is 1. The van der Waals surface area contributed by atoms with E-state index in [4.69, 9.17) is 10.5 Å². The average molecular weight is 345 g/mol. The van der Waals surface area contributed by atoms with E-state index in [1.807, 2.05) is 19.2 Å². The van der Waals surface area contributed by atoms with Crippen LogP contribution in [0, 0.1) is 0 Å². The minimum atomic E-state index is -0.401. The fourth-order valence-corrected chi connectivity index (χ4v) is 3.48. The molecule has 3 rings (SSSR count). The van der Waals surface area contributed by atoms with Crippen molar-refractivity contribution in [2.75, 3.05) is 46.4 Å². The minimum Gasteiger partial charge on any atom is -0.379 e. The Morgan fingerprint density at radius 2 is 2.00 bits per heavy atom. The van der Waals surface area contributed by atoms with Gasteiger partial charge in [0.2, 0.25) is 5.91 Å². The van der Waals surface area contributed by atoms with Crippen molar-refractivity contribution in [1.82, 2.24) is 15.1 Å². The molecule has 7 heteroatoms. The van der Waals surface area contributed by atoms with Crippen LogP contribution in [0.25, 0.3) is 0 Å². The maximum Gasteiger partial charge on any atom is 0.248 e. The van der Waals surface area contributed by atoms with E-state index in [0.29, 0.717) is 18.2 Å². The van der Waals surface area contributed by atoms with Crippen molar-refractivity contribution >= 4 is 11.9 Å². The SMILES string of the molecule is CN=C(NCc1ccc(C(N)=O)cc1)N1CCC(N2CCOCC2)C1. The summed E-state index contributed by atoms with van der Waals surface area (Å²) in [5.74, 6) is 0.524. The number of rotatable bonds is 4. The van der Waals surface area contributed by atoms with Crippen LogP contribution >= 0.6 is 0 Å². The molecule has 1 amide bonds. The van der Waals surface area contributed by atoms with Crippen molar-refractivity contribution in [3.05, 3.63) is 35.4 Å². The topological polar surface area (TPSA) is 83.2 Å². The van der Waals surface area contributed by atoms with E-state index in [2.05, 4.69) is 20.1 Å². The van der Waals surface area contributed by atoms with E-state index in [1.165, 1.54) is 0 Å².